The van der Waals surface area contributed by atoms with Crippen LogP contribution in [0.15, 0.2) is 67.3 Å². The van der Waals surface area contributed by atoms with Crippen molar-refractivity contribution in [1.82, 2.24) is 0 Å². The summed E-state index contributed by atoms with van der Waals surface area (Å²) in [5.41, 5.74) is 2.27. The van der Waals surface area contributed by atoms with Crippen molar-refractivity contribution in [3.63, 3.8) is 0 Å². The molecule has 0 radical (unpaired) electrons. The highest BCUT2D eigenvalue weighted by Crippen LogP contribution is 2.42. The first-order valence-corrected chi connectivity index (χ1v) is 13.9. The van der Waals surface area contributed by atoms with E-state index in [-0.39, 0.29) is 23.5 Å². The second kappa shape index (κ2) is 11.8. The van der Waals surface area contributed by atoms with Gasteiger partial charge >= 0.3 is 0 Å². The maximum atomic E-state index is 15.3. The van der Waals surface area contributed by atoms with E-state index < -0.39 is 23.3 Å². The Bertz CT molecular complexity index is 1370. The van der Waals surface area contributed by atoms with Gasteiger partial charge in [-0.05, 0) is 78.7 Å². The van der Waals surface area contributed by atoms with Crippen LogP contribution in [0.4, 0.5) is 17.6 Å². The fraction of sp³-hybridized carbons (Fsp3) is 0.353. The van der Waals surface area contributed by atoms with Crippen LogP contribution in [-0.2, 0) is 0 Å². The van der Waals surface area contributed by atoms with Gasteiger partial charge in [-0.25, -0.2) is 13.2 Å². The topological polar surface area (TPSA) is 9.23 Å². The van der Waals surface area contributed by atoms with Crippen LogP contribution in [0.25, 0.3) is 27.8 Å². The smallest absolute Gasteiger partial charge is 0.201 e. The van der Waals surface area contributed by atoms with Crippen molar-refractivity contribution in [2.45, 2.75) is 51.9 Å². The molecule has 5 heteroatoms. The number of allylic oxidation sites excluding steroid dienone is 2. The van der Waals surface area contributed by atoms with Crippen LogP contribution in [0.1, 0.15) is 57.4 Å². The van der Waals surface area contributed by atoms with Gasteiger partial charge in [0.15, 0.2) is 23.2 Å². The van der Waals surface area contributed by atoms with Crippen LogP contribution in [0.5, 0.6) is 5.75 Å². The van der Waals surface area contributed by atoms with Crippen molar-refractivity contribution in [1.29, 1.82) is 0 Å². The third kappa shape index (κ3) is 5.68. The molecule has 1 atom stereocenters. The van der Waals surface area contributed by atoms with Gasteiger partial charge < -0.3 is 4.74 Å². The lowest BCUT2D eigenvalue weighted by atomic mass is 9.71. The van der Waals surface area contributed by atoms with Crippen LogP contribution >= 0.6 is 0 Å². The number of halogens is 4. The predicted octanol–water partition coefficient (Wildman–Crippen LogP) is 10.2. The molecule has 0 spiro atoms. The van der Waals surface area contributed by atoms with Gasteiger partial charge in [0.25, 0.3) is 0 Å². The summed E-state index contributed by atoms with van der Waals surface area (Å²) < 4.78 is 64.8. The summed E-state index contributed by atoms with van der Waals surface area (Å²) in [6.07, 6.45) is 11.4. The van der Waals surface area contributed by atoms with Gasteiger partial charge in [-0.3, -0.25) is 0 Å². The second-order valence-electron chi connectivity index (χ2n) is 11.0. The van der Waals surface area contributed by atoms with E-state index in [0.29, 0.717) is 22.6 Å². The first-order valence-electron chi connectivity index (χ1n) is 13.9. The third-order valence-corrected chi connectivity index (χ3v) is 8.52. The molecule has 0 aliphatic heterocycles. The van der Waals surface area contributed by atoms with Crippen molar-refractivity contribution >= 4 is 5.57 Å². The summed E-state index contributed by atoms with van der Waals surface area (Å²) in [5, 5.41) is 0. The molecule has 0 aromatic heterocycles. The molecule has 1 fully saturated rings. The minimum Gasteiger partial charge on any atom is -0.486 e. The molecule has 3 aromatic carbocycles. The first kappa shape index (κ1) is 27.2. The van der Waals surface area contributed by atoms with E-state index in [1.54, 1.807) is 36.4 Å². The molecule has 2 aliphatic rings. The third-order valence-electron chi connectivity index (χ3n) is 8.52. The summed E-state index contributed by atoms with van der Waals surface area (Å²) in [5.74, 6) is -1.84. The van der Waals surface area contributed by atoms with Crippen molar-refractivity contribution in [3.05, 3.63) is 96.1 Å². The van der Waals surface area contributed by atoms with E-state index in [9.17, 15) is 8.78 Å². The van der Waals surface area contributed by atoms with E-state index in [4.69, 9.17) is 4.74 Å². The largest absolute Gasteiger partial charge is 0.486 e. The number of benzene rings is 3. The zero-order chi connectivity index (χ0) is 27.5. The Morgan fingerprint density at radius 2 is 1.28 bits per heavy atom. The molecule has 5 rings (SSSR count). The molecule has 0 amide bonds. The van der Waals surface area contributed by atoms with E-state index in [2.05, 4.69) is 19.6 Å². The van der Waals surface area contributed by atoms with Gasteiger partial charge in [-0.15, -0.1) is 0 Å². The fourth-order valence-corrected chi connectivity index (χ4v) is 6.15. The summed E-state index contributed by atoms with van der Waals surface area (Å²) in [4.78, 5) is 0. The van der Waals surface area contributed by atoms with Crippen LogP contribution in [0.3, 0.4) is 0 Å². The number of ether oxygens (including phenoxy) is 1. The summed E-state index contributed by atoms with van der Waals surface area (Å²) >= 11 is 0. The Hall–Kier alpha value is -3.34. The Morgan fingerprint density at radius 3 is 1.87 bits per heavy atom. The molecular formula is C34H34F4O. The molecule has 1 nitrogen and oxygen atoms in total. The molecule has 0 heterocycles. The Kier molecular flexibility index (Phi) is 8.25. The number of hydrogen-bond acceptors (Lipinski definition) is 1. The minimum atomic E-state index is -1.08. The highest BCUT2D eigenvalue weighted by atomic mass is 19.2. The Balaban J connectivity index is 1.32. The molecule has 39 heavy (non-hydrogen) atoms. The molecule has 1 unspecified atom stereocenters. The van der Waals surface area contributed by atoms with Crippen molar-refractivity contribution in [2.24, 2.45) is 17.8 Å². The normalized spacial score (nSPS) is 21.4. The zero-order valence-electron chi connectivity index (χ0n) is 22.3. The summed E-state index contributed by atoms with van der Waals surface area (Å²) in [6.45, 7) is 5.88. The van der Waals surface area contributed by atoms with Crippen LogP contribution in [0.2, 0.25) is 0 Å². The minimum absolute atomic E-state index is 0.0530. The summed E-state index contributed by atoms with van der Waals surface area (Å²) in [7, 11) is 0. The van der Waals surface area contributed by atoms with Crippen LogP contribution < -0.4 is 4.74 Å². The van der Waals surface area contributed by atoms with Gasteiger partial charge in [-0.1, -0.05) is 74.9 Å². The average Bonchev–Trinajstić information content (AvgIpc) is 2.96. The molecular weight excluding hydrogens is 500 g/mol. The van der Waals surface area contributed by atoms with Crippen molar-refractivity contribution in [3.8, 4) is 28.0 Å². The maximum absolute atomic E-state index is 15.3. The quantitative estimate of drug-likeness (QED) is 0.216. The van der Waals surface area contributed by atoms with Gasteiger partial charge in [-0.2, -0.15) is 4.39 Å². The fourth-order valence-electron chi connectivity index (χ4n) is 6.15. The predicted molar refractivity (Wildman–Crippen MR) is 149 cm³/mol. The average molecular weight is 535 g/mol. The van der Waals surface area contributed by atoms with E-state index in [0.717, 1.165) is 36.7 Å². The van der Waals surface area contributed by atoms with E-state index in [1.807, 2.05) is 0 Å². The highest BCUT2D eigenvalue weighted by molar-refractivity contribution is 5.74. The van der Waals surface area contributed by atoms with Crippen LogP contribution in [0, 0.1) is 41.0 Å². The SMILES string of the molecule is C=CCOc1ccc(-c2ccc(-c3ccc(C4=CCC(C5CCC(C)CC5)CC4)c(F)c3F)cc2)c(F)c1F. The van der Waals surface area contributed by atoms with E-state index >= 15 is 8.78 Å². The molecule has 204 valence electrons. The number of rotatable bonds is 7. The van der Waals surface area contributed by atoms with Gasteiger partial charge in [0.1, 0.15) is 6.61 Å². The molecule has 0 bridgehead atoms. The molecule has 0 saturated heterocycles. The van der Waals surface area contributed by atoms with Crippen molar-refractivity contribution < 1.29 is 22.3 Å². The monoisotopic (exact) mass is 534 g/mol. The summed E-state index contributed by atoms with van der Waals surface area (Å²) in [6, 6.07) is 12.4. The first-order chi connectivity index (χ1) is 18.9. The van der Waals surface area contributed by atoms with E-state index in [1.165, 1.54) is 43.9 Å². The lowest BCUT2D eigenvalue weighted by molar-refractivity contribution is 0.202. The standard InChI is InChI=1S/C34H34F4O/c1-3-20-39-30-19-18-29(33(37)34(30)38)26-14-12-25(13-15-26)28-17-16-27(31(35)32(28)36)24-10-8-23(9-11-24)22-6-4-21(2)5-7-22/h3,10,12-19,21-23H,1,4-9,11,20H2,2H3. The molecule has 0 N–H and O–H groups in total. The highest BCUT2D eigenvalue weighted by Gasteiger charge is 2.28. The van der Waals surface area contributed by atoms with Crippen LogP contribution in [-0.4, -0.2) is 6.61 Å². The van der Waals surface area contributed by atoms with Gasteiger partial charge in [0.2, 0.25) is 5.82 Å². The molecule has 2 aliphatic carbocycles. The Morgan fingerprint density at radius 1 is 0.718 bits per heavy atom. The molecule has 1 saturated carbocycles. The maximum Gasteiger partial charge on any atom is 0.201 e. The lowest BCUT2D eigenvalue weighted by Crippen LogP contribution is -2.22. The van der Waals surface area contributed by atoms with Gasteiger partial charge in [0, 0.05) is 16.7 Å². The zero-order valence-corrected chi connectivity index (χ0v) is 22.3. The number of hydrogen-bond donors (Lipinski definition) is 0. The Labute approximate surface area is 228 Å². The van der Waals surface area contributed by atoms with Crippen molar-refractivity contribution in [2.75, 3.05) is 6.61 Å². The molecule has 3 aromatic rings. The van der Waals surface area contributed by atoms with Gasteiger partial charge in [0.05, 0.1) is 0 Å². The second-order valence-corrected chi connectivity index (χ2v) is 11.0. The lowest BCUT2D eigenvalue weighted by Gasteiger charge is -2.34.